The number of nitrogens with zero attached hydrogens (tertiary/aromatic N) is 1. The zero-order chi connectivity index (χ0) is 20.8. The summed E-state index contributed by atoms with van der Waals surface area (Å²) in [7, 11) is 2.97. The SMILES string of the molecule is CCc1ccc(-c2nc(C(=O)OCC(=O)c3cc(OC)ccc3OC)cs2)cc1. The molecule has 0 aliphatic rings. The van der Waals surface area contributed by atoms with Crippen molar-refractivity contribution in [3.05, 3.63) is 64.7 Å². The number of hydrogen-bond acceptors (Lipinski definition) is 7. The summed E-state index contributed by atoms with van der Waals surface area (Å²) in [5.74, 6) is -0.135. The van der Waals surface area contributed by atoms with Crippen LogP contribution in [-0.2, 0) is 11.2 Å². The molecule has 0 atom stereocenters. The van der Waals surface area contributed by atoms with Crippen molar-refractivity contribution < 1.29 is 23.8 Å². The summed E-state index contributed by atoms with van der Waals surface area (Å²) < 4.78 is 15.5. The third-order valence-corrected chi connectivity index (χ3v) is 5.26. The lowest BCUT2D eigenvalue weighted by atomic mass is 10.1. The molecule has 0 aliphatic heterocycles. The molecule has 0 unspecified atom stereocenters. The van der Waals surface area contributed by atoms with Crippen molar-refractivity contribution in [3.63, 3.8) is 0 Å². The highest BCUT2D eigenvalue weighted by Gasteiger charge is 2.18. The van der Waals surface area contributed by atoms with Gasteiger partial charge in [0.2, 0.25) is 5.78 Å². The number of rotatable bonds is 8. The minimum absolute atomic E-state index is 0.176. The van der Waals surface area contributed by atoms with E-state index in [2.05, 4.69) is 11.9 Å². The summed E-state index contributed by atoms with van der Waals surface area (Å²) in [6.45, 7) is 1.68. The van der Waals surface area contributed by atoms with Crippen LogP contribution in [0.3, 0.4) is 0 Å². The standard InChI is InChI=1S/C22H21NO5S/c1-4-14-5-7-15(8-6-14)21-23-18(13-29-21)22(25)28-12-19(24)17-11-16(26-2)9-10-20(17)27-3/h5-11,13H,4,12H2,1-3H3. The van der Waals surface area contributed by atoms with Crippen LogP contribution in [0.2, 0.25) is 0 Å². The van der Waals surface area contributed by atoms with Crippen LogP contribution in [-0.4, -0.2) is 37.6 Å². The van der Waals surface area contributed by atoms with Crippen LogP contribution in [0, 0.1) is 0 Å². The van der Waals surface area contributed by atoms with E-state index in [0.29, 0.717) is 11.5 Å². The Hall–Kier alpha value is -3.19. The summed E-state index contributed by atoms with van der Waals surface area (Å²) in [6, 6.07) is 12.9. The fraction of sp³-hybridized carbons (Fsp3) is 0.227. The molecule has 29 heavy (non-hydrogen) atoms. The number of carbonyl (C=O) groups excluding carboxylic acids is 2. The number of benzene rings is 2. The van der Waals surface area contributed by atoms with Gasteiger partial charge in [-0.25, -0.2) is 9.78 Å². The molecule has 150 valence electrons. The molecule has 3 rings (SSSR count). The summed E-state index contributed by atoms with van der Waals surface area (Å²) >= 11 is 1.35. The maximum absolute atomic E-state index is 12.5. The van der Waals surface area contributed by atoms with Crippen molar-refractivity contribution in [2.75, 3.05) is 20.8 Å². The van der Waals surface area contributed by atoms with E-state index in [4.69, 9.17) is 14.2 Å². The average Bonchev–Trinajstić information content (AvgIpc) is 3.27. The molecule has 0 saturated heterocycles. The fourth-order valence-corrected chi connectivity index (χ4v) is 3.49. The predicted octanol–water partition coefficient (Wildman–Crippen LogP) is 4.43. The third kappa shape index (κ3) is 4.81. The predicted molar refractivity (Wildman–Crippen MR) is 111 cm³/mol. The van der Waals surface area contributed by atoms with Gasteiger partial charge in [0.25, 0.3) is 0 Å². The van der Waals surface area contributed by atoms with Crippen molar-refractivity contribution in [1.29, 1.82) is 0 Å². The first-order valence-electron chi connectivity index (χ1n) is 9.03. The zero-order valence-corrected chi connectivity index (χ0v) is 17.2. The van der Waals surface area contributed by atoms with Crippen molar-refractivity contribution in [2.45, 2.75) is 13.3 Å². The Kier molecular flexibility index (Phi) is 6.61. The van der Waals surface area contributed by atoms with E-state index in [0.717, 1.165) is 17.0 Å². The van der Waals surface area contributed by atoms with Crippen LogP contribution >= 0.6 is 11.3 Å². The molecule has 0 N–H and O–H groups in total. The molecule has 0 bridgehead atoms. The van der Waals surface area contributed by atoms with E-state index in [-0.39, 0.29) is 17.0 Å². The quantitative estimate of drug-likeness (QED) is 0.403. The first-order valence-corrected chi connectivity index (χ1v) is 9.90. The molecule has 0 spiro atoms. The van der Waals surface area contributed by atoms with Gasteiger partial charge in [0.15, 0.2) is 12.3 Å². The highest BCUT2D eigenvalue weighted by Crippen LogP contribution is 2.26. The van der Waals surface area contributed by atoms with E-state index in [1.165, 1.54) is 31.1 Å². The van der Waals surface area contributed by atoms with Gasteiger partial charge < -0.3 is 14.2 Å². The molecule has 0 radical (unpaired) electrons. The van der Waals surface area contributed by atoms with Gasteiger partial charge in [-0.3, -0.25) is 4.79 Å². The highest BCUT2D eigenvalue weighted by atomic mass is 32.1. The van der Waals surface area contributed by atoms with Crippen LogP contribution < -0.4 is 9.47 Å². The summed E-state index contributed by atoms with van der Waals surface area (Å²) in [5, 5.41) is 2.35. The molecule has 1 heterocycles. The number of ketones is 1. The normalized spacial score (nSPS) is 10.4. The number of esters is 1. The minimum atomic E-state index is -0.645. The van der Waals surface area contributed by atoms with Gasteiger partial charge in [-0.1, -0.05) is 31.2 Å². The topological polar surface area (TPSA) is 74.7 Å². The van der Waals surface area contributed by atoms with Gasteiger partial charge in [0, 0.05) is 10.9 Å². The molecule has 3 aromatic rings. The molecule has 0 amide bonds. The van der Waals surface area contributed by atoms with E-state index < -0.39 is 12.6 Å². The monoisotopic (exact) mass is 411 g/mol. The Balaban J connectivity index is 1.67. The van der Waals surface area contributed by atoms with Crippen molar-refractivity contribution >= 4 is 23.1 Å². The van der Waals surface area contributed by atoms with Crippen LogP contribution in [0.25, 0.3) is 10.6 Å². The van der Waals surface area contributed by atoms with Crippen molar-refractivity contribution in [2.24, 2.45) is 0 Å². The first-order chi connectivity index (χ1) is 14.0. The zero-order valence-electron chi connectivity index (χ0n) is 16.4. The van der Waals surface area contributed by atoms with Crippen molar-refractivity contribution in [1.82, 2.24) is 4.98 Å². The van der Waals surface area contributed by atoms with Crippen LogP contribution in [0.1, 0.15) is 33.3 Å². The highest BCUT2D eigenvalue weighted by molar-refractivity contribution is 7.13. The number of Topliss-reactive ketones (excluding diaryl/α,β-unsaturated/α-hetero) is 1. The molecule has 0 aliphatic carbocycles. The molecule has 1 aromatic heterocycles. The van der Waals surface area contributed by atoms with E-state index in [1.807, 2.05) is 24.3 Å². The minimum Gasteiger partial charge on any atom is -0.497 e. The molecule has 2 aromatic carbocycles. The lowest BCUT2D eigenvalue weighted by Crippen LogP contribution is -2.15. The van der Waals surface area contributed by atoms with Crippen LogP contribution in [0.15, 0.2) is 47.8 Å². The Bertz CT molecular complexity index is 1010. The number of carbonyl (C=O) groups is 2. The molecule has 7 heteroatoms. The number of aromatic nitrogens is 1. The number of methoxy groups -OCH3 is 2. The Morgan fingerprint density at radius 3 is 2.45 bits per heavy atom. The lowest BCUT2D eigenvalue weighted by molar-refractivity contribution is 0.0469. The first kappa shape index (κ1) is 20.5. The van der Waals surface area contributed by atoms with Crippen LogP contribution in [0.4, 0.5) is 0 Å². The molecule has 0 fully saturated rings. The molecule has 0 saturated carbocycles. The maximum atomic E-state index is 12.5. The Labute approximate surface area is 173 Å². The Morgan fingerprint density at radius 2 is 1.79 bits per heavy atom. The largest absolute Gasteiger partial charge is 0.497 e. The molecule has 6 nitrogen and oxygen atoms in total. The molecular weight excluding hydrogens is 390 g/mol. The van der Waals surface area contributed by atoms with E-state index in [9.17, 15) is 9.59 Å². The van der Waals surface area contributed by atoms with Gasteiger partial charge in [0.05, 0.1) is 19.8 Å². The fourth-order valence-electron chi connectivity index (χ4n) is 2.70. The number of thiazole rings is 1. The average molecular weight is 411 g/mol. The van der Waals surface area contributed by atoms with Gasteiger partial charge >= 0.3 is 5.97 Å². The second-order valence-electron chi connectivity index (χ2n) is 6.15. The molecular formula is C22H21NO5S. The summed E-state index contributed by atoms with van der Waals surface area (Å²) in [4.78, 5) is 29.1. The second-order valence-corrected chi connectivity index (χ2v) is 7.01. The van der Waals surface area contributed by atoms with Gasteiger partial charge in [0.1, 0.15) is 16.5 Å². The summed E-state index contributed by atoms with van der Waals surface area (Å²) in [6.07, 6.45) is 0.960. The van der Waals surface area contributed by atoms with Gasteiger partial charge in [-0.15, -0.1) is 11.3 Å². The summed E-state index contributed by atoms with van der Waals surface area (Å²) in [5.41, 5.74) is 2.63. The van der Waals surface area contributed by atoms with Gasteiger partial charge in [-0.05, 0) is 30.2 Å². The van der Waals surface area contributed by atoms with Gasteiger partial charge in [-0.2, -0.15) is 0 Å². The Morgan fingerprint density at radius 1 is 1.03 bits per heavy atom. The van der Waals surface area contributed by atoms with E-state index in [1.54, 1.807) is 23.6 Å². The maximum Gasteiger partial charge on any atom is 0.358 e. The lowest BCUT2D eigenvalue weighted by Gasteiger charge is -2.09. The smallest absolute Gasteiger partial charge is 0.358 e. The van der Waals surface area contributed by atoms with E-state index >= 15 is 0 Å². The number of hydrogen-bond donors (Lipinski definition) is 0. The number of ether oxygens (including phenoxy) is 3. The van der Waals surface area contributed by atoms with Crippen molar-refractivity contribution in [3.8, 4) is 22.1 Å². The number of aryl methyl sites for hydroxylation is 1. The third-order valence-electron chi connectivity index (χ3n) is 4.36. The second kappa shape index (κ2) is 9.34. The van der Waals surface area contributed by atoms with Crippen LogP contribution in [0.5, 0.6) is 11.5 Å².